The molecule has 0 saturated carbocycles. The van der Waals surface area contributed by atoms with Crippen LogP contribution in [0.2, 0.25) is 0 Å². The van der Waals surface area contributed by atoms with Crippen LogP contribution in [0.1, 0.15) is 28.3 Å². The Morgan fingerprint density at radius 1 is 1.29 bits per heavy atom. The molecule has 1 aliphatic rings. The van der Waals surface area contributed by atoms with Gasteiger partial charge in [0.05, 0.1) is 28.0 Å². The summed E-state index contributed by atoms with van der Waals surface area (Å²) in [5.74, 6) is 1.09. The number of carbonyl (C=O) groups is 1. The molecular weight excluding hydrogens is 376 g/mol. The van der Waals surface area contributed by atoms with Gasteiger partial charge in [0.25, 0.3) is 11.5 Å². The van der Waals surface area contributed by atoms with E-state index < -0.39 is 0 Å². The molecule has 1 N–H and O–H groups in total. The van der Waals surface area contributed by atoms with Gasteiger partial charge in [-0.05, 0) is 36.1 Å². The van der Waals surface area contributed by atoms with Crippen molar-refractivity contribution in [2.24, 2.45) is 0 Å². The zero-order chi connectivity index (χ0) is 19.1. The van der Waals surface area contributed by atoms with E-state index in [0.717, 1.165) is 23.5 Å². The van der Waals surface area contributed by atoms with Gasteiger partial charge in [0.1, 0.15) is 12.1 Å². The number of fused-ring (bicyclic) bond motifs is 2. The first-order chi connectivity index (χ1) is 13.7. The Morgan fingerprint density at radius 3 is 3.07 bits per heavy atom. The number of nitrogens with one attached hydrogen (secondary N) is 1. The van der Waals surface area contributed by atoms with Crippen LogP contribution in [0, 0.1) is 0 Å². The highest BCUT2D eigenvalue weighted by molar-refractivity contribution is 7.13. The minimum Gasteiger partial charge on any atom is -0.443 e. The first kappa shape index (κ1) is 16.9. The molecule has 0 saturated heterocycles. The second-order valence-electron chi connectivity index (χ2n) is 6.62. The van der Waals surface area contributed by atoms with Crippen LogP contribution in [-0.2, 0) is 19.5 Å². The molecule has 1 amide bonds. The lowest BCUT2D eigenvalue weighted by Gasteiger charge is -2.07. The molecule has 1 aliphatic heterocycles. The van der Waals surface area contributed by atoms with Gasteiger partial charge in [0.15, 0.2) is 0 Å². The molecule has 0 aliphatic carbocycles. The summed E-state index contributed by atoms with van der Waals surface area (Å²) in [6.07, 6.45) is 3.26. The molecule has 4 aromatic rings. The monoisotopic (exact) mass is 392 g/mol. The zero-order valence-electron chi connectivity index (χ0n) is 14.8. The lowest BCUT2D eigenvalue weighted by atomic mass is 10.1. The zero-order valence-corrected chi connectivity index (χ0v) is 15.7. The van der Waals surface area contributed by atoms with E-state index in [0.29, 0.717) is 34.6 Å². The molecule has 7 nitrogen and oxygen atoms in total. The Kier molecular flexibility index (Phi) is 4.05. The lowest BCUT2D eigenvalue weighted by molar-refractivity contribution is 0.0950. The molecule has 0 radical (unpaired) electrons. The number of aryl methyl sites for hydroxylation is 1. The maximum Gasteiger partial charge on any atom is 0.261 e. The van der Waals surface area contributed by atoms with Gasteiger partial charge in [0, 0.05) is 18.5 Å². The van der Waals surface area contributed by atoms with Crippen molar-refractivity contribution in [1.82, 2.24) is 19.9 Å². The maximum absolute atomic E-state index is 12.5. The Morgan fingerprint density at radius 2 is 2.21 bits per heavy atom. The fraction of sp³-hybridized carbons (Fsp3) is 0.200. The highest BCUT2D eigenvalue weighted by Crippen LogP contribution is 2.23. The van der Waals surface area contributed by atoms with Crippen molar-refractivity contribution >= 4 is 28.1 Å². The SMILES string of the molecule is O=C(NCc1coc(-c2cccs2)n1)c1ccc2c(=O)n3c(nc2c1)CCC3. The first-order valence-electron chi connectivity index (χ1n) is 8.99. The predicted octanol–water partition coefficient (Wildman–Crippen LogP) is 2.99. The second-order valence-corrected chi connectivity index (χ2v) is 7.57. The van der Waals surface area contributed by atoms with Crippen molar-refractivity contribution in [3.8, 4) is 10.8 Å². The third-order valence-corrected chi connectivity index (χ3v) is 5.65. The average Bonchev–Trinajstić information content (AvgIpc) is 3.46. The topological polar surface area (TPSA) is 90.0 Å². The molecular formula is C20H16N4O3S. The number of oxazole rings is 1. The largest absolute Gasteiger partial charge is 0.443 e. The first-order valence-corrected chi connectivity index (χ1v) is 9.87. The van der Waals surface area contributed by atoms with Gasteiger partial charge in [-0.15, -0.1) is 11.3 Å². The molecule has 8 heteroatoms. The molecule has 3 aromatic heterocycles. The maximum atomic E-state index is 12.5. The van der Waals surface area contributed by atoms with E-state index in [9.17, 15) is 9.59 Å². The summed E-state index contributed by atoms with van der Waals surface area (Å²) in [5, 5.41) is 5.33. The molecule has 5 rings (SSSR count). The number of thiophene rings is 1. The summed E-state index contributed by atoms with van der Waals surface area (Å²) in [5.41, 5.74) is 1.64. The summed E-state index contributed by atoms with van der Waals surface area (Å²) in [7, 11) is 0. The molecule has 0 atom stereocenters. The van der Waals surface area contributed by atoms with Crippen LogP contribution in [0.3, 0.4) is 0 Å². The van der Waals surface area contributed by atoms with E-state index in [4.69, 9.17) is 4.42 Å². The Bertz CT molecular complexity index is 1240. The number of rotatable bonds is 4. The van der Waals surface area contributed by atoms with E-state index in [2.05, 4.69) is 15.3 Å². The third-order valence-electron chi connectivity index (χ3n) is 4.79. The lowest BCUT2D eigenvalue weighted by Crippen LogP contribution is -2.24. The number of aromatic nitrogens is 3. The normalized spacial score (nSPS) is 13.0. The minimum atomic E-state index is -0.245. The fourth-order valence-corrected chi connectivity index (χ4v) is 4.05. The summed E-state index contributed by atoms with van der Waals surface area (Å²) < 4.78 is 7.18. The fourth-order valence-electron chi connectivity index (χ4n) is 3.40. The second kappa shape index (κ2) is 6.72. The minimum absolute atomic E-state index is 0.0341. The van der Waals surface area contributed by atoms with Crippen LogP contribution in [0.15, 0.2) is 51.2 Å². The Labute approximate surface area is 163 Å². The standard InChI is InChI=1S/C20H16N4O3S/c25-18(21-10-13-11-27-19(22-13)16-3-2-8-28-16)12-5-6-14-15(9-12)23-17-4-1-7-24(17)20(14)26/h2-3,5-6,8-9,11H,1,4,7,10H2,(H,21,25). The number of nitrogens with zero attached hydrogens (tertiary/aromatic N) is 3. The van der Waals surface area contributed by atoms with Crippen molar-refractivity contribution in [2.45, 2.75) is 25.9 Å². The van der Waals surface area contributed by atoms with Crippen LogP contribution in [0.5, 0.6) is 0 Å². The van der Waals surface area contributed by atoms with Crippen molar-refractivity contribution in [2.75, 3.05) is 0 Å². The molecule has 28 heavy (non-hydrogen) atoms. The van der Waals surface area contributed by atoms with Crippen LogP contribution in [0.25, 0.3) is 21.7 Å². The molecule has 1 aromatic carbocycles. The van der Waals surface area contributed by atoms with E-state index in [-0.39, 0.29) is 18.0 Å². The van der Waals surface area contributed by atoms with E-state index in [1.54, 1.807) is 40.4 Å². The summed E-state index contributed by atoms with van der Waals surface area (Å²) >= 11 is 1.54. The van der Waals surface area contributed by atoms with Gasteiger partial charge in [-0.1, -0.05) is 6.07 Å². The van der Waals surface area contributed by atoms with E-state index in [1.165, 1.54) is 0 Å². The number of hydrogen-bond donors (Lipinski definition) is 1. The number of carbonyl (C=O) groups excluding carboxylic acids is 1. The molecule has 0 spiro atoms. The van der Waals surface area contributed by atoms with Gasteiger partial charge >= 0.3 is 0 Å². The summed E-state index contributed by atoms with van der Waals surface area (Å²) in [6.45, 7) is 0.969. The van der Waals surface area contributed by atoms with Gasteiger partial charge in [0.2, 0.25) is 5.89 Å². The Balaban J connectivity index is 1.35. The quantitative estimate of drug-likeness (QED) is 0.577. The highest BCUT2D eigenvalue weighted by Gasteiger charge is 2.17. The number of hydrogen-bond acceptors (Lipinski definition) is 6. The highest BCUT2D eigenvalue weighted by atomic mass is 32.1. The van der Waals surface area contributed by atoms with Crippen LogP contribution in [0.4, 0.5) is 0 Å². The van der Waals surface area contributed by atoms with Crippen LogP contribution >= 0.6 is 11.3 Å². The molecule has 4 heterocycles. The van der Waals surface area contributed by atoms with Gasteiger partial charge < -0.3 is 9.73 Å². The van der Waals surface area contributed by atoms with E-state index in [1.807, 2.05) is 17.5 Å². The summed E-state index contributed by atoms with van der Waals surface area (Å²) in [6, 6.07) is 8.87. The van der Waals surface area contributed by atoms with Crippen LogP contribution < -0.4 is 10.9 Å². The van der Waals surface area contributed by atoms with Gasteiger partial charge in [-0.2, -0.15) is 0 Å². The molecule has 0 bridgehead atoms. The van der Waals surface area contributed by atoms with Gasteiger partial charge in [-0.3, -0.25) is 14.2 Å². The van der Waals surface area contributed by atoms with Crippen LogP contribution in [-0.4, -0.2) is 20.4 Å². The predicted molar refractivity (Wildman–Crippen MR) is 105 cm³/mol. The third kappa shape index (κ3) is 2.91. The number of benzene rings is 1. The average molecular weight is 392 g/mol. The van der Waals surface area contributed by atoms with Crippen molar-refractivity contribution in [3.05, 3.63) is 69.4 Å². The van der Waals surface area contributed by atoms with Crippen molar-refractivity contribution < 1.29 is 9.21 Å². The van der Waals surface area contributed by atoms with E-state index >= 15 is 0 Å². The number of amides is 1. The molecule has 0 unspecified atom stereocenters. The summed E-state index contributed by atoms with van der Waals surface area (Å²) in [4.78, 5) is 35.0. The Hall–Kier alpha value is -3.26. The molecule has 140 valence electrons. The molecule has 0 fully saturated rings. The smallest absolute Gasteiger partial charge is 0.261 e. The van der Waals surface area contributed by atoms with Crippen molar-refractivity contribution in [3.63, 3.8) is 0 Å². The van der Waals surface area contributed by atoms with Gasteiger partial charge in [-0.25, -0.2) is 9.97 Å². The van der Waals surface area contributed by atoms with Crippen molar-refractivity contribution in [1.29, 1.82) is 0 Å².